The Hall–Kier alpha value is -1.86. The van der Waals surface area contributed by atoms with Crippen molar-refractivity contribution in [3.05, 3.63) is 92.0 Å². The van der Waals surface area contributed by atoms with Gasteiger partial charge in [-0.25, -0.2) is 0 Å². The molecule has 0 unspecified atom stereocenters. The van der Waals surface area contributed by atoms with Crippen LogP contribution < -0.4 is 0 Å². The molecule has 0 aromatic heterocycles. The largest absolute Gasteiger partial charge is 0.0617 e. The Labute approximate surface area is 192 Å². The van der Waals surface area contributed by atoms with Gasteiger partial charge in [0.15, 0.2) is 0 Å². The summed E-state index contributed by atoms with van der Waals surface area (Å²) < 4.78 is 0. The molecule has 2 aromatic carbocycles. The van der Waals surface area contributed by atoms with Gasteiger partial charge in [0.25, 0.3) is 0 Å². The van der Waals surface area contributed by atoms with E-state index in [2.05, 4.69) is 106 Å². The zero-order chi connectivity index (χ0) is 22.9. The molecule has 0 atom stereocenters. The average Bonchev–Trinajstić information content (AvgIpc) is 3.07. The maximum Gasteiger partial charge on any atom is 0.0575 e. The van der Waals surface area contributed by atoms with Crippen LogP contribution in [0.1, 0.15) is 103 Å². The summed E-state index contributed by atoms with van der Waals surface area (Å²) >= 11 is 0. The van der Waals surface area contributed by atoms with Crippen LogP contribution in [0.25, 0.3) is 11.1 Å². The summed E-state index contributed by atoms with van der Waals surface area (Å²) in [5.41, 5.74) is 18.4. The first-order chi connectivity index (χ1) is 14.3. The summed E-state index contributed by atoms with van der Waals surface area (Å²) in [7, 11) is -0.587. The molecule has 0 nitrogen and oxygen atoms in total. The van der Waals surface area contributed by atoms with Crippen molar-refractivity contribution < 1.29 is 0 Å². The molecule has 0 saturated heterocycles. The minimum Gasteiger partial charge on any atom is -0.0617 e. The minimum atomic E-state index is -0.587. The van der Waals surface area contributed by atoms with Crippen molar-refractivity contribution in [3.8, 4) is 0 Å². The van der Waals surface area contributed by atoms with Crippen molar-refractivity contribution in [2.24, 2.45) is 0 Å². The van der Waals surface area contributed by atoms with Crippen LogP contribution in [0.5, 0.6) is 0 Å². The highest BCUT2D eigenvalue weighted by atomic mass is 28.2. The molecule has 2 aliphatic rings. The maximum absolute atomic E-state index is 2.45. The van der Waals surface area contributed by atoms with E-state index in [0.29, 0.717) is 0 Å². The normalized spacial score (nSPS) is 17.6. The van der Waals surface area contributed by atoms with E-state index in [4.69, 9.17) is 0 Å². The zero-order valence-electron chi connectivity index (χ0n) is 21.2. The van der Waals surface area contributed by atoms with Crippen LogP contribution in [-0.2, 0) is 10.8 Å². The van der Waals surface area contributed by atoms with E-state index < -0.39 is 9.52 Å². The lowest BCUT2D eigenvalue weighted by Crippen LogP contribution is -2.19. The molecule has 0 spiro atoms. The third-order valence-corrected chi connectivity index (χ3v) is 10.1. The van der Waals surface area contributed by atoms with Crippen molar-refractivity contribution in [1.82, 2.24) is 0 Å². The average molecular weight is 427 g/mol. The number of benzene rings is 2. The van der Waals surface area contributed by atoms with Crippen LogP contribution in [0.15, 0.2) is 47.5 Å². The van der Waals surface area contributed by atoms with Gasteiger partial charge in [-0.2, -0.15) is 0 Å². The highest BCUT2D eigenvalue weighted by molar-refractivity contribution is 6.56. The quantitative estimate of drug-likeness (QED) is 0.435. The summed E-state index contributed by atoms with van der Waals surface area (Å²) in [6.07, 6.45) is 0. The van der Waals surface area contributed by atoms with Crippen molar-refractivity contribution in [1.29, 1.82) is 0 Å². The Morgan fingerprint density at radius 3 is 1.16 bits per heavy atom. The van der Waals surface area contributed by atoms with Gasteiger partial charge in [0.1, 0.15) is 0 Å². The molecule has 31 heavy (non-hydrogen) atoms. The summed E-state index contributed by atoms with van der Waals surface area (Å²) in [5.74, 6) is 0. The SMILES string of the molecule is CC1=C(C)c2cc(C(C)(C)C)ccc2[C]1[SiH2][C]1C(C)=C(C)c2cc(C(C)(C)C)ccc21. The number of hydrogen-bond acceptors (Lipinski definition) is 0. The Morgan fingerprint density at radius 1 is 0.484 bits per heavy atom. The third-order valence-electron chi connectivity index (χ3n) is 7.61. The predicted molar refractivity (Wildman–Crippen MR) is 140 cm³/mol. The highest BCUT2D eigenvalue weighted by Gasteiger charge is 2.36. The molecule has 1 heteroatoms. The second-order valence-electron chi connectivity index (χ2n) is 11.7. The number of rotatable bonds is 2. The predicted octanol–water partition coefficient (Wildman–Crippen LogP) is 7.52. The van der Waals surface area contributed by atoms with Gasteiger partial charge in [-0.15, -0.1) is 0 Å². The van der Waals surface area contributed by atoms with E-state index in [1.807, 2.05) is 0 Å². The fraction of sp³-hybridized carbons (Fsp3) is 0.400. The Kier molecular flexibility index (Phi) is 5.29. The van der Waals surface area contributed by atoms with Gasteiger partial charge in [0.2, 0.25) is 0 Å². The van der Waals surface area contributed by atoms with E-state index in [9.17, 15) is 0 Å². The van der Waals surface area contributed by atoms with Gasteiger partial charge in [-0.05, 0) is 83.1 Å². The lowest BCUT2D eigenvalue weighted by Gasteiger charge is -2.23. The molecule has 0 aliphatic heterocycles. The fourth-order valence-electron chi connectivity index (χ4n) is 5.06. The van der Waals surface area contributed by atoms with Gasteiger partial charge in [0.05, 0.1) is 9.52 Å². The van der Waals surface area contributed by atoms with Crippen molar-refractivity contribution in [2.45, 2.75) is 80.1 Å². The molecule has 0 heterocycles. The zero-order valence-corrected chi connectivity index (χ0v) is 22.6. The van der Waals surface area contributed by atoms with Crippen LogP contribution in [0.4, 0.5) is 0 Å². The van der Waals surface area contributed by atoms with Crippen LogP contribution in [0.3, 0.4) is 0 Å². The maximum atomic E-state index is 2.45. The Morgan fingerprint density at radius 2 is 0.839 bits per heavy atom. The molecule has 0 N–H and O–H groups in total. The third kappa shape index (κ3) is 3.69. The molecule has 0 amide bonds. The molecular weight excluding hydrogens is 388 g/mol. The number of fused-ring (bicyclic) bond motifs is 2. The van der Waals surface area contributed by atoms with E-state index in [1.54, 1.807) is 11.1 Å². The lowest BCUT2D eigenvalue weighted by molar-refractivity contribution is 0.589. The fourth-order valence-corrected chi connectivity index (χ4v) is 7.47. The van der Waals surface area contributed by atoms with Crippen molar-refractivity contribution in [3.63, 3.8) is 0 Å². The van der Waals surface area contributed by atoms with Gasteiger partial charge in [-0.3, -0.25) is 0 Å². The molecule has 4 rings (SSSR count). The molecule has 2 radical (unpaired) electrons. The monoisotopic (exact) mass is 426 g/mol. The van der Waals surface area contributed by atoms with Gasteiger partial charge >= 0.3 is 0 Å². The molecule has 2 aromatic rings. The van der Waals surface area contributed by atoms with Crippen molar-refractivity contribution in [2.75, 3.05) is 0 Å². The van der Waals surface area contributed by atoms with Crippen molar-refractivity contribution >= 4 is 20.7 Å². The Bertz CT molecular complexity index is 1020. The first-order valence-electron chi connectivity index (χ1n) is 11.7. The van der Waals surface area contributed by atoms with E-state index in [-0.39, 0.29) is 10.8 Å². The van der Waals surface area contributed by atoms with E-state index in [1.165, 1.54) is 55.7 Å². The second kappa shape index (κ2) is 7.34. The summed E-state index contributed by atoms with van der Waals surface area (Å²) in [4.78, 5) is 0. The first-order valence-corrected chi connectivity index (χ1v) is 13.1. The van der Waals surface area contributed by atoms with Gasteiger partial charge < -0.3 is 0 Å². The van der Waals surface area contributed by atoms with Crippen LogP contribution in [0.2, 0.25) is 0 Å². The van der Waals surface area contributed by atoms with Crippen LogP contribution in [-0.4, -0.2) is 9.52 Å². The molecule has 0 saturated carbocycles. The highest BCUT2D eigenvalue weighted by Crippen LogP contribution is 2.47. The number of hydrogen-bond donors (Lipinski definition) is 0. The lowest BCUT2D eigenvalue weighted by atomic mass is 9.85. The smallest absolute Gasteiger partial charge is 0.0575 e. The molecule has 162 valence electrons. The molecular formula is C30H38Si. The van der Waals surface area contributed by atoms with Gasteiger partial charge in [0, 0.05) is 11.1 Å². The van der Waals surface area contributed by atoms with Crippen LogP contribution >= 0.6 is 0 Å². The summed E-state index contributed by atoms with van der Waals surface area (Å²) in [6, 6.07) is 14.4. The molecule has 2 aliphatic carbocycles. The minimum absolute atomic E-state index is 0.184. The molecule has 0 bridgehead atoms. The Balaban J connectivity index is 1.72. The summed E-state index contributed by atoms with van der Waals surface area (Å²) in [6.45, 7) is 23.2. The van der Waals surface area contributed by atoms with E-state index in [0.717, 1.165) is 0 Å². The second-order valence-corrected chi connectivity index (χ2v) is 13.4. The summed E-state index contributed by atoms with van der Waals surface area (Å²) in [5, 5.41) is 0. The van der Waals surface area contributed by atoms with E-state index >= 15 is 0 Å². The topological polar surface area (TPSA) is 0 Å². The first kappa shape index (κ1) is 22.3. The van der Waals surface area contributed by atoms with Crippen LogP contribution in [0, 0.1) is 11.1 Å². The number of allylic oxidation sites excluding steroid dienone is 4. The standard InChI is InChI=1S/C30H38Si/c1-17-19(3)27(23-13-11-21(15-25(17)23)29(5,6)7)31-28-20(4)18(2)26-16-22(30(8,9)10)12-14-24(26)28/h11-16H,31H2,1-10H3. The molecule has 0 fully saturated rings. The van der Waals surface area contributed by atoms with Gasteiger partial charge in [-0.1, -0.05) is 89.1 Å².